The zero-order chi connectivity index (χ0) is 9.50. The SMILES string of the molecule is [Li+].[O-]C(F)(C(F)(F)F)C(F)(F)F. The van der Waals surface area contributed by atoms with Gasteiger partial charge in [-0.05, 0) is 0 Å². The Morgan fingerprint density at radius 3 is 0.833 bits per heavy atom. The van der Waals surface area contributed by atoms with Crippen molar-refractivity contribution in [3.63, 3.8) is 0 Å². The van der Waals surface area contributed by atoms with Crippen LogP contribution in [0.2, 0.25) is 0 Å². The Hall–Kier alpha value is 0.0674. The van der Waals surface area contributed by atoms with E-state index in [4.69, 9.17) is 0 Å². The van der Waals surface area contributed by atoms with E-state index in [9.17, 15) is 35.8 Å². The number of halogens is 7. The summed E-state index contributed by atoms with van der Waals surface area (Å²) in [5.41, 5.74) is 0. The van der Waals surface area contributed by atoms with Gasteiger partial charge in [-0.2, -0.15) is 26.3 Å². The summed E-state index contributed by atoms with van der Waals surface area (Å²) in [5, 5.41) is 9.23. The summed E-state index contributed by atoms with van der Waals surface area (Å²) < 4.78 is 76.8. The average Bonchev–Trinajstić information content (AvgIpc) is 1.58. The predicted octanol–water partition coefficient (Wildman–Crippen LogP) is -1.86. The summed E-state index contributed by atoms with van der Waals surface area (Å²) in [5.74, 6) is -6.38. The Kier molecular flexibility index (Phi) is 4.18. The van der Waals surface area contributed by atoms with Crippen LogP contribution >= 0.6 is 0 Å². The molecule has 0 saturated carbocycles. The largest absolute Gasteiger partial charge is 1.00 e. The fraction of sp³-hybridized carbons (Fsp3) is 1.00. The van der Waals surface area contributed by atoms with Crippen LogP contribution in [0.3, 0.4) is 0 Å². The van der Waals surface area contributed by atoms with Gasteiger partial charge in [0.05, 0.1) is 0 Å². The van der Waals surface area contributed by atoms with Gasteiger partial charge in [-0.3, -0.25) is 0 Å². The van der Waals surface area contributed by atoms with Crippen molar-refractivity contribution in [3.8, 4) is 0 Å². The van der Waals surface area contributed by atoms with E-state index in [0.717, 1.165) is 0 Å². The van der Waals surface area contributed by atoms with E-state index in [1.165, 1.54) is 0 Å². The number of hydrogen-bond acceptors (Lipinski definition) is 1. The van der Waals surface area contributed by atoms with E-state index >= 15 is 0 Å². The van der Waals surface area contributed by atoms with E-state index in [0.29, 0.717) is 0 Å². The van der Waals surface area contributed by atoms with Crippen molar-refractivity contribution in [3.05, 3.63) is 0 Å². The molecule has 0 radical (unpaired) electrons. The van der Waals surface area contributed by atoms with Gasteiger partial charge in [-0.15, -0.1) is 0 Å². The second-order valence-corrected chi connectivity index (χ2v) is 1.59. The van der Waals surface area contributed by atoms with Crippen molar-refractivity contribution in [1.82, 2.24) is 0 Å². The van der Waals surface area contributed by atoms with Gasteiger partial charge in [0.2, 0.25) is 5.85 Å². The fourth-order valence-corrected chi connectivity index (χ4v) is 0.161. The summed E-state index contributed by atoms with van der Waals surface area (Å²) in [6.45, 7) is 0. The number of hydrogen-bond donors (Lipinski definition) is 0. The minimum atomic E-state index is -6.47. The van der Waals surface area contributed by atoms with Crippen molar-refractivity contribution in [2.45, 2.75) is 18.2 Å². The third-order valence-electron chi connectivity index (χ3n) is 0.729. The number of alkyl halides is 7. The van der Waals surface area contributed by atoms with Crippen LogP contribution in [0, 0.1) is 0 Å². The minimum Gasteiger partial charge on any atom is -0.811 e. The van der Waals surface area contributed by atoms with Gasteiger partial charge in [0.25, 0.3) is 0 Å². The van der Waals surface area contributed by atoms with Crippen molar-refractivity contribution in [2.75, 3.05) is 0 Å². The maximum atomic E-state index is 11.3. The first-order chi connectivity index (χ1) is 4.50. The quantitative estimate of drug-likeness (QED) is 0.326. The van der Waals surface area contributed by atoms with E-state index in [1.807, 2.05) is 0 Å². The Morgan fingerprint density at radius 1 is 0.667 bits per heavy atom. The molecule has 0 bridgehead atoms. The third-order valence-corrected chi connectivity index (χ3v) is 0.729. The molecule has 0 aliphatic rings. The molecular formula is C3F7LiO. The maximum absolute atomic E-state index is 11.3. The van der Waals surface area contributed by atoms with Crippen LogP contribution < -0.4 is 24.0 Å². The smallest absolute Gasteiger partial charge is 0.811 e. The topological polar surface area (TPSA) is 23.1 Å². The third kappa shape index (κ3) is 2.54. The first-order valence-corrected chi connectivity index (χ1v) is 2.03. The fourth-order valence-electron chi connectivity index (χ4n) is 0.161. The second kappa shape index (κ2) is 3.44. The van der Waals surface area contributed by atoms with Gasteiger partial charge in [0.15, 0.2) is 0 Å². The standard InChI is InChI=1S/C3F7O.Li/c4-1(11,2(5,6)7)3(8,9)10;/q-1;+1. The van der Waals surface area contributed by atoms with Crippen LogP contribution in [-0.2, 0) is 0 Å². The molecule has 0 rings (SSSR count). The van der Waals surface area contributed by atoms with Gasteiger partial charge >= 0.3 is 31.2 Å². The van der Waals surface area contributed by atoms with Crippen molar-refractivity contribution in [2.24, 2.45) is 0 Å². The Morgan fingerprint density at radius 2 is 0.833 bits per heavy atom. The zero-order valence-corrected chi connectivity index (χ0v) is 5.55. The molecule has 0 aromatic rings. The zero-order valence-electron chi connectivity index (χ0n) is 5.55. The maximum Gasteiger partial charge on any atom is 1.00 e. The van der Waals surface area contributed by atoms with Crippen molar-refractivity contribution in [1.29, 1.82) is 0 Å². The van der Waals surface area contributed by atoms with Crippen LogP contribution in [0.5, 0.6) is 0 Å². The van der Waals surface area contributed by atoms with Crippen LogP contribution in [0.15, 0.2) is 0 Å². The second-order valence-electron chi connectivity index (χ2n) is 1.59. The molecule has 68 valence electrons. The molecule has 9 heteroatoms. The molecule has 12 heavy (non-hydrogen) atoms. The van der Waals surface area contributed by atoms with Crippen LogP contribution in [0.4, 0.5) is 30.7 Å². The van der Waals surface area contributed by atoms with Crippen LogP contribution in [0.1, 0.15) is 0 Å². The molecule has 0 unspecified atom stereocenters. The van der Waals surface area contributed by atoms with Gasteiger partial charge in [0, 0.05) is 0 Å². The molecule has 0 N–H and O–H groups in total. The van der Waals surface area contributed by atoms with E-state index in [2.05, 4.69) is 0 Å². The van der Waals surface area contributed by atoms with Gasteiger partial charge in [0.1, 0.15) is 0 Å². The van der Waals surface area contributed by atoms with Gasteiger partial charge in [-0.25, -0.2) is 4.39 Å². The van der Waals surface area contributed by atoms with Gasteiger partial charge in [-0.1, -0.05) is 0 Å². The first kappa shape index (κ1) is 14.6. The molecule has 0 saturated heterocycles. The average molecular weight is 192 g/mol. The summed E-state index contributed by atoms with van der Waals surface area (Å²) in [7, 11) is 0. The van der Waals surface area contributed by atoms with Crippen molar-refractivity contribution >= 4 is 0 Å². The van der Waals surface area contributed by atoms with Crippen LogP contribution in [0.25, 0.3) is 0 Å². The summed E-state index contributed by atoms with van der Waals surface area (Å²) in [6.07, 6.45) is -12.9. The van der Waals surface area contributed by atoms with Gasteiger partial charge < -0.3 is 5.11 Å². The van der Waals surface area contributed by atoms with E-state index in [-0.39, 0.29) is 18.9 Å². The van der Waals surface area contributed by atoms with E-state index < -0.39 is 18.2 Å². The molecular weight excluding hydrogens is 192 g/mol. The molecule has 0 aromatic heterocycles. The molecule has 0 amide bonds. The monoisotopic (exact) mass is 192 g/mol. The van der Waals surface area contributed by atoms with Crippen molar-refractivity contribution < 1.29 is 54.7 Å². The normalized spacial score (nSPS) is 14.0. The van der Waals surface area contributed by atoms with E-state index in [1.54, 1.807) is 0 Å². The molecule has 0 atom stereocenters. The Balaban J connectivity index is 0. The molecule has 0 heterocycles. The predicted molar refractivity (Wildman–Crippen MR) is 15.9 cm³/mol. The Labute approximate surface area is 73.7 Å². The molecule has 0 aromatic carbocycles. The van der Waals surface area contributed by atoms with Crippen LogP contribution in [-0.4, -0.2) is 18.2 Å². The Bertz CT molecular complexity index is 130. The summed E-state index contributed by atoms with van der Waals surface area (Å²) in [4.78, 5) is 0. The molecule has 0 fully saturated rings. The molecule has 0 spiro atoms. The number of rotatable bonds is 0. The minimum absolute atomic E-state index is 0. The summed E-state index contributed by atoms with van der Waals surface area (Å²) >= 11 is 0. The first-order valence-electron chi connectivity index (χ1n) is 2.03. The molecule has 1 nitrogen and oxygen atoms in total. The molecule has 0 aliphatic heterocycles. The summed E-state index contributed by atoms with van der Waals surface area (Å²) in [6, 6.07) is 0. The molecule has 0 aliphatic carbocycles.